The van der Waals surface area contributed by atoms with Crippen LogP contribution in [0, 0.1) is 0 Å². The quantitative estimate of drug-likeness (QED) is 0.342. The zero-order chi connectivity index (χ0) is 19.0. The first-order chi connectivity index (χ1) is 13.1. The second kappa shape index (κ2) is 7.60. The van der Waals surface area contributed by atoms with Gasteiger partial charge in [0.25, 0.3) is 0 Å². The lowest BCUT2D eigenvalue weighted by Gasteiger charge is -2.15. The van der Waals surface area contributed by atoms with Gasteiger partial charge >= 0.3 is 11.9 Å². The number of ether oxygens (including phenoxy) is 1. The maximum atomic E-state index is 12.1. The van der Waals surface area contributed by atoms with Gasteiger partial charge in [0.1, 0.15) is 0 Å². The molecule has 0 saturated heterocycles. The lowest BCUT2D eigenvalue weighted by atomic mass is 10.1. The first-order valence-corrected chi connectivity index (χ1v) is 10.2. The van der Waals surface area contributed by atoms with Gasteiger partial charge in [-0.1, -0.05) is 83.1 Å². The highest BCUT2D eigenvalue weighted by molar-refractivity contribution is 8.02. The van der Waals surface area contributed by atoms with Gasteiger partial charge in [-0.25, -0.2) is 9.59 Å². The van der Waals surface area contributed by atoms with Crippen molar-refractivity contribution in [3.8, 4) is 0 Å². The van der Waals surface area contributed by atoms with E-state index in [0.717, 1.165) is 9.79 Å². The highest BCUT2D eigenvalue weighted by atomic mass is 35.5. The SMILES string of the molecule is O=C1OC(=O)c2c(Cl)c(Sc3ccccc3)c(Sc3ccccc3)c(Cl)c21. The van der Waals surface area contributed by atoms with Crippen LogP contribution in [0.15, 0.2) is 80.2 Å². The van der Waals surface area contributed by atoms with Crippen LogP contribution in [0.25, 0.3) is 0 Å². The summed E-state index contributed by atoms with van der Waals surface area (Å²) < 4.78 is 4.74. The molecule has 0 radical (unpaired) electrons. The van der Waals surface area contributed by atoms with Crippen LogP contribution in [0.4, 0.5) is 0 Å². The third-order valence-corrected chi connectivity index (χ3v) is 7.16. The zero-order valence-corrected chi connectivity index (χ0v) is 16.7. The lowest BCUT2D eigenvalue weighted by molar-refractivity contribution is 0.0444. The van der Waals surface area contributed by atoms with Crippen molar-refractivity contribution in [2.24, 2.45) is 0 Å². The summed E-state index contributed by atoms with van der Waals surface area (Å²) in [5.74, 6) is -1.54. The summed E-state index contributed by atoms with van der Waals surface area (Å²) in [6.07, 6.45) is 0. The van der Waals surface area contributed by atoms with Crippen LogP contribution in [-0.4, -0.2) is 11.9 Å². The van der Waals surface area contributed by atoms with E-state index in [4.69, 9.17) is 27.9 Å². The minimum Gasteiger partial charge on any atom is -0.386 e. The Labute approximate surface area is 174 Å². The fourth-order valence-electron chi connectivity index (χ4n) is 2.61. The third-order valence-electron chi connectivity index (χ3n) is 3.81. The van der Waals surface area contributed by atoms with Crippen LogP contribution in [0.5, 0.6) is 0 Å². The molecule has 0 amide bonds. The van der Waals surface area contributed by atoms with Gasteiger partial charge in [0, 0.05) is 19.6 Å². The summed E-state index contributed by atoms with van der Waals surface area (Å²) in [6, 6.07) is 19.2. The van der Waals surface area contributed by atoms with Gasteiger partial charge in [-0.15, -0.1) is 0 Å². The molecule has 0 aromatic heterocycles. The summed E-state index contributed by atoms with van der Waals surface area (Å²) in [5, 5.41) is 0.357. The van der Waals surface area contributed by atoms with Gasteiger partial charge < -0.3 is 4.74 Å². The van der Waals surface area contributed by atoms with Crippen molar-refractivity contribution in [1.29, 1.82) is 0 Å². The number of halogens is 2. The Balaban J connectivity index is 1.92. The average Bonchev–Trinajstić information content (AvgIpc) is 2.98. The highest BCUT2D eigenvalue weighted by Crippen LogP contribution is 2.50. The summed E-state index contributed by atoms with van der Waals surface area (Å²) >= 11 is 15.9. The standard InChI is InChI=1S/C20H10Cl2O3S2/c21-15-13-14(20(24)25-19(13)23)16(22)18(27-12-9-5-2-6-10-12)17(15)26-11-7-3-1-4-8-11/h1-10H. The minimum atomic E-state index is -0.770. The Morgan fingerprint density at radius 1 is 0.630 bits per heavy atom. The number of rotatable bonds is 4. The summed E-state index contributed by atoms with van der Waals surface area (Å²) in [4.78, 5) is 27.3. The molecule has 0 saturated carbocycles. The maximum absolute atomic E-state index is 12.1. The monoisotopic (exact) mass is 432 g/mol. The smallest absolute Gasteiger partial charge is 0.348 e. The van der Waals surface area contributed by atoms with Crippen LogP contribution in [0.2, 0.25) is 10.0 Å². The Morgan fingerprint density at radius 3 is 1.37 bits per heavy atom. The van der Waals surface area contributed by atoms with E-state index in [0.29, 0.717) is 9.79 Å². The van der Waals surface area contributed by atoms with Crippen LogP contribution in [-0.2, 0) is 4.74 Å². The fourth-order valence-corrected chi connectivity index (χ4v) is 5.57. The number of carbonyl (C=O) groups excluding carboxylic acids is 2. The molecule has 0 unspecified atom stereocenters. The molecule has 3 aromatic rings. The summed E-state index contributed by atoms with van der Waals surface area (Å²) in [5.41, 5.74) is 0.0602. The molecular formula is C20H10Cl2O3S2. The first kappa shape index (κ1) is 18.4. The molecule has 0 N–H and O–H groups in total. The zero-order valence-electron chi connectivity index (χ0n) is 13.6. The average molecular weight is 433 g/mol. The van der Waals surface area contributed by atoms with E-state index >= 15 is 0 Å². The van der Waals surface area contributed by atoms with Gasteiger partial charge in [-0.2, -0.15) is 0 Å². The maximum Gasteiger partial charge on any atom is 0.348 e. The molecule has 0 atom stereocenters. The molecule has 3 nitrogen and oxygen atoms in total. The molecule has 1 aliphatic rings. The van der Waals surface area contributed by atoms with Gasteiger partial charge in [0.2, 0.25) is 0 Å². The lowest BCUT2D eigenvalue weighted by Crippen LogP contribution is -1.99. The number of hydrogen-bond acceptors (Lipinski definition) is 5. The minimum absolute atomic E-state index is 0.0301. The molecule has 3 aromatic carbocycles. The second-order valence-corrected chi connectivity index (χ2v) is 8.47. The molecule has 0 bridgehead atoms. The summed E-state index contributed by atoms with van der Waals surface area (Å²) in [7, 11) is 0. The topological polar surface area (TPSA) is 43.4 Å². The van der Waals surface area contributed by atoms with Gasteiger partial charge in [0.15, 0.2) is 0 Å². The normalized spacial score (nSPS) is 12.8. The van der Waals surface area contributed by atoms with Crippen molar-refractivity contribution in [2.45, 2.75) is 19.6 Å². The second-order valence-electron chi connectivity index (χ2n) is 5.54. The molecule has 1 heterocycles. The van der Waals surface area contributed by atoms with Crippen molar-refractivity contribution < 1.29 is 14.3 Å². The van der Waals surface area contributed by atoms with Crippen LogP contribution in [0.3, 0.4) is 0 Å². The van der Waals surface area contributed by atoms with Crippen LogP contribution >= 0.6 is 46.7 Å². The number of hydrogen-bond donors (Lipinski definition) is 0. The number of esters is 2. The largest absolute Gasteiger partial charge is 0.386 e. The van der Waals surface area contributed by atoms with Gasteiger partial charge in [-0.05, 0) is 24.3 Å². The molecule has 7 heteroatoms. The van der Waals surface area contributed by atoms with Crippen LogP contribution in [0.1, 0.15) is 20.7 Å². The summed E-state index contributed by atoms with van der Waals surface area (Å²) in [6.45, 7) is 0. The van der Waals surface area contributed by atoms with Crippen molar-refractivity contribution in [3.05, 3.63) is 81.8 Å². The Morgan fingerprint density at radius 2 is 1.00 bits per heavy atom. The van der Waals surface area contributed by atoms with E-state index in [1.54, 1.807) is 0 Å². The number of cyclic esters (lactones) is 2. The van der Waals surface area contributed by atoms with E-state index in [1.807, 2.05) is 60.7 Å². The molecular weight excluding hydrogens is 423 g/mol. The van der Waals surface area contributed by atoms with Crippen LogP contribution < -0.4 is 0 Å². The Kier molecular flexibility index (Phi) is 5.19. The Hall–Kier alpha value is -1.92. The van der Waals surface area contributed by atoms with Gasteiger partial charge in [-0.3, -0.25) is 0 Å². The van der Waals surface area contributed by atoms with E-state index in [2.05, 4.69) is 0 Å². The third kappa shape index (κ3) is 3.48. The van der Waals surface area contributed by atoms with Crippen molar-refractivity contribution in [2.75, 3.05) is 0 Å². The predicted molar refractivity (Wildman–Crippen MR) is 107 cm³/mol. The number of fused-ring (bicyclic) bond motifs is 1. The molecule has 4 rings (SSSR count). The number of benzene rings is 3. The molecule has 0 aliphatic carbocycles. The number of carbonyl (C=O) groups is 2. The van der Waals surface area contributed by atoms with Crippen molar-refractivity contribution in [3.63, 3.8) is 0 Å². The van der Waals surface area contributed by atoms with E-state index in [1.165, 1.54) is 23.5 Å². The fraction of sp³-hybridized carbons (Fsp3) is 0. The van der Waals surface area contributed by atoms with E-state index in [-0.39, 0.29) is 21.2 Å². The van der Waals surface area contributed by atoms with Crippen molar-refractivity contribution >= 4 is 58.7 Å². The highest BCUT2D eigenvalue weighted by Gasteiger charge is 2.38. The van der Waals surface area contributed by atoms with Gasteiger partial charge in [0.05, 0.1) is 21.2 Å². The first-order valence-electron chi connectivity index (χ1n) is 7.83. The molecule has 134 valence electrons. The molecule has 27 heavy (non-hydrogen) atoms. The van der Waals surface area contributed by atoms with E-state index in [9.17, 15) is 9.59 Å². The van der Waals surface area contributed by atoms with E-state index < -0.39 is 11.9 Å². The molecule has 0 fully saturated rings. The van der Waals surface area contributed by atoms with Crippen molar-refractivity contribution in [1.82, 2.24) is 0 Å². The Bertz CT molecular complexity index is 970. The molecule has 1 aliphatic heterocycles. The predicted octanol–water partition coefficient (Wildman–Crippen LogP) is 6.61. The molecule has 0 spiro atoms.